The van der Waals surface area contributed by atoms with Crippen LogP contribution in [0.4, 0.5) is 0 Å². The van der Waals surface area contributed by atoms with Gasteiger partial charge < -0.3 is 14.0 Å². The second-order valence-corrected chi connectivity index (χ2v) is 6.45. The lowest BCUT2D eigenvalue weighted by Gasteiger charge is -2.04. The molecule has 0 bridgehead atoms. The molecule has 0 saturated heterocycles. The highest BCUT2D eigenvalue weighted by Gasteiger charge is 2.14. The van der Waals surface area contributed by atoms with Crippen molar-refractivity contribution in [2.45, 2.75) is 18.4 Å². The first-order valence-electron chi connectivity index (χ1n) is 6.46. The van der Waals surface area contributed by atoms with E-state index in [1.807, 2.05) is 0 Å². The molecule has 0 fully saturated rings. The summed E-state index contributed by atoms with van der Waals surface area (Å²) in [5.74, 6) is 0.270. The first kappa shape index (κ1) is 16.0. The molecule has 22 heavy (non-hydrogen) atoms. The molecule has 2 rings (SSSR count). The molecule has 0 unspecified atom stereocenters. The van der Waals surface area contributed by atoms with Gasteiger partial charge in [0, 0.05) is 12.3 Å². The Hall–Kier alpha value is -2.35. The molecule has 0 aliphatic rings. The highest BCUT2D eigenvalue weighted by molar-refractivity contribution is 7.90. The molecule has 0 radical (unpaired) electrons. The Balaban J connectivity index is 1.97. The van der Waals surface area contributed by atoms with Gasteiger partial charge in [-0.05, 0) is 31.2 Å². The summed E-state index contributed by atoms with van der Waals surface area (Å²) in [5, 5.41) is 3.58. The molecule has 0 aliphatic carbocycles. The van der Waals surface area contributed by atoms with Crippen molar-refractivity contribution in [3.63, 3.8) is 0 Å². The Morgan fingerprint density at radius 1 is 1.27 bits per heavy atom. The van der Waals surface area contributed by atoms with Crippen LogP contribution in [0.15, 0.2) is 39.8 Å². The highest BCUT2D eigenvalue weighted by Crippen LogP contribution is 2.17. The average Bonchev–Trinajstić information content (AvgIpc) is 2.94. The number of ether oxygens (including phenoxy) is 2. The van der Waals surface area contributed by atoms with Crippen LogP contribution < -0.4 is 4.74 Å². The lowest BCUT2D eigenvalue weighted by molar-refractivity contribution is 0.0514. The molecule has 0 spiro atoms. The van der Waals surface area contributed by atoms with Crippen molar-refractivity contribution in [3.8, 4) is 5.75 Å². The van der Waals surface area contributed by atoms with E-state index in [1.54, 1.807) is 19.1 Å². The van der Waals surface area contributed by atoms with E-state index in [4.69, 9.17) is 14.0 Å². The largest absolute Gasteiger partial charge is 0.486 e. The molecule has 1 aromatic heterocycles. The molecule has 0 saturated carbocycles. The third kappa shape index (κ3) is 4.08. The van der Waals surface area contributed by atoms with E-state index in [0.717, 1.165) is 6.26 Å². The number of hydrogen-bond acceptors (Lipinski definition) is 7. The van der Waals surface area contributed by atoms with Gasteiger partial charge in [-0.1, -0.05) is 5.16 Å². The zero-order valence-electron chi connectivity index (χ0n) is 12.1. The lowest BCUT2D eigenvalue weighted by Crippen LogP contribution is -2.04. The Kier molecular flexibility index (Phi) is 4.81. The van der Waals surface area contributed by atoms with Crippen LogP contribution >= 0.6 is 0 Å². The van der Waals surface area contributed by atoms with E-state index in [2.05, 4.69) is 5.16 Å². The number of rotatable bonds is 6. The molecule has 118 valence electrons. The van der Waals surface area contributed by atoms with E-state index >= 15 is 0 Å². The van der Waals surface area contributed by atoms with Gasteiger partial charge in [0.25, 0.3) is 0 Å². The van der Waals surface area contributed by atoms with Crippen LogP contribution in [-0.2, 0) is 21.2 Å². The average molecular weight is 325 g/mol. The van der Waals surface area contributed by atoms with Gasteiger partial charge in [0.15, 0.2) is 21.3 Å². The highest BCUT2D eigenvalue weighted by atomic mass is 32.2. The van der Waals surface area contributed by atoms with Gasteiger partial charge in [-0.15, -0.1) is 0 Å². The van der Waals surface area contributed by atoms with Crippen molar-refractivity contribution in [3.05, 3.63) is 41.8 Å². The Morgan fingerprint density at radius 2 is 1.95 bits per heavy atom. The summed E-state index contributed by atoms with van der Waals surface area (Å²) in [6.45, 7) is 2.01. The lowest BCUT2D eigenvalue weighted by atomic mass is 10.3. The maximum atomic E-state index is 11.4. The Morgan fingerprint density at radius 3 is 2.55 bits per heavy atom. The van der Waals surface area contributed by atoms with E-state index in [1.165, 1.54) is 18.2 Å². The molecule has 0 aliphatic heterocycles. The van der Waals surface area contributed by atoms with Gasteiger partial charge in [-0.2, -0.15) is 0 Å². The second kappa shape index (κ2) is 6.61. The minimum Gasteiger partial charge on any atom is -0.486 e. The van der Waals surface area contributed by atoms with Crippen molar-refractivity contribution in [1.82, 2.24) is 5.16 Å². The van der Waals surface area contributed by atoms with Crippen molar-refractivity contribution in [1.29, 1.82) is 0 Å². The predicted molar refractivity (Wildman–Crippen MR) is 76.3 cm³/mol. The van der Waals surface area contributed by atoms with Gasteiger partial charge in [0.05, 0.1) is 11.5 Å². The normalized spacial score (nSPS) is 11.2. The zero-order chi connectivity index (χ0) is 16.2. The minimum atomic E-state index is -3.23. The summed E-state index contributed by atoms with van der Waals surface area (Å²) < 4.78 is 37.9. The van der Waals surface area contributed by atoms with E-state index in [-0.39, 0.29) is 23.8 Å². The van der Waals surface area contributed by atoms with Crippen LogP contribution in [0.2, 0.25) is 0 Å². The number of benzene rings is 1. The van der Waals surface area contributed by atoms with Crippen molar-refractivity contribution < 1.29 is 27.2 Å². The number of hydrogen-bond donors (Lipinski definition) is 0. The number of sulfone groups is 1. The third-order valence-corrected chi connectivity index (χ3v) is 3.80. The summed E-state index contributed by atoms with van der Waals surface area (Å²) in [7, 11) is -3.23. The number of carbonyl (C=O) groups is 1. The fourth-order valence-corrected chi connectivity index (χ4v) is 2.25. The van der Waals surface area contributed by atoms with Crippen LogP contribution in [0.1, 0.15) is 23.2 Å². The van der Waals surface area contributed by atoms with Gasteiger partial charge >= 0.3 is 5.97 Å². The topological polar surface area (TPSA) is 95.7 Å². The maximum absolute atomic E-state index is 11.4. The molecule has 0 N–H and O–H groups in total. The fourth-order valence-electron chi connectivity index (χ4n) is 1.62. The van der Waals surface area contributed by atoms with Gasteiger partial charge in [-0.25, -0.2) is 13.2 Å². The van der Waals surface area contributed by atoms with Gasteiger partial charge in [0.1, 0.15) is 12.4 Å². The summed E-state index contributed by atoms with van der Waals surface area (Å²) >= 11 is 0. The molecular weight excluding hydrogens is 310 g/mol. The molecule has 0 amide bonds. The smallest absolute Gasteiger partial charge is 0.360 e. The molecule has 2 aromatic rings. The van der Waals surface area contributed by atoms with Crippen LogP contribution in [0.5, 0.6) is 5.75 Å². The second-order valence-electron chi connectivity index (χ2n) is 4.43. The number of nitrogens with zero attached hydrogens (tertiary/aromatic N) is 1. The monoisotopic (exact) mass is 325 g/mol. The molecule has 1 heterocycles. The Bertz CT molecular complexity index is 748. The van der Waals surface area contributed by atoms with Gasteiger partial charge in [0.2, 0.25) is 0 Å². The molecular formula is C14H15NO6S. The standard InChI is InChI=1S/C14H15NO6S/c1-3-19-14(16)13-8-11(21-15-13)9-20-10-4-6-12(7-5-10)22(2,17)18/h4-8H,3,9H2,1-2H3. The number of aromatic nitrogens is 1. The Labute approximate surface area is 127 Å². The summed E-state index contributed by atoms with van der Waals surface area (Å²) in [6.07, 6.45) is 1.13. The molecule has 7 nitrogen and oxygen atoms in total. The first-order valence-corrected chi connectivity index (χ1v) is 8.35. The fraction of sp³-hybridized carbons (Fsp3) is 0.286. The third-order valence-electron chi connectivity index (χ3n) is 2.68. The van der Waals surface area contributed by atoms with Gasteiger partial charge in [-0.3, -0.25) is 0 Å². The molecule has 0 atom stereocenters. The quantitative estimate of drug-likeness (QED) is 0.748. The summed E-state index contributed by atoms with van der Waals surface area (Å²) in [4.78, 5) is 11.6. The summed E-state index contributed by atoms with van der Waals surface area (Å²) in [6, 6.07) is 7.42. The van der Waals surface area contributed by atoms with E-state index in [9.17, 15) is 13.2 Å². The summed E-state index contributed by atoms with van der Waals surface area (Å²) in [5.41, 5.74) is 0.0767. The first-order chi connectivity index (χ1) is 10.4. The van der Waals surface area contributed by atoms with Crippen LogP contribution in [0.3, 0.4) is 0 Å². The van der Waals surface area contributed by atoms with Crippen LogP contribution in [-0.4, -0.2) is 32.4 Å². The SMILES string of the molecule is CCOC(=O)c1cc(COc2ccc(S(C)(=O)=O)cc2)on1. The maximum Gasteiger partial charge on any atom is 0.360 e. The van der Waals surface area contributed by atoms with Crippen molar-refractivity contribution >= 4 is 15.8 Å². The van der Waals surface area contributed by atoms with Crippen molar-refractivity contribution in [2.75, 3.05) is 12.9 Å². The number of esters is 1. The predicted octanol–water partition coefficient (Wildman–Crippen LogP) is 1.83. The van der Waals surface area contributed by atoms with Crippen LogP contribution in [0, 0.1) is 0 Å². The molecule has 8 heteroatoms. The molecule has 1 aromatic carbocycles. The van der Waals surface area contributed by atoms with E-state index < -0.39 is 15.8 Å². The van der Waals surface area contributed by atoms with E-state index in [0.29, 0.717) is 11.5 Å². The minimum absolute atomic E-state index is 0.0601. The van der Waals surface area contributed by atoms with Crippen LogP contribution in [0.25, 0.3) is 0 Å². The number of carbonyl (C=O) groups excluding carboxylic acids is 1. The van der Waals surface area contributed by atoms with Crippen molar-refractivity contribution in [2.24, 2.45) is 0 Å². The zero-order valence-corrected chi connectivity index (χ0v) is 12.9.